The molecule has 0 fully saturated rings. The van der Waals surface area contributed by atoms with Crippen LogP contribution in [0.3, 0.4) is 0 Å². The molecule has 10 rings (SSSR count). The van der Waals surface area contributed by atoms with Gasteiger partial charge in [-0.1, -0.05) is 133 Å². The lowest BCUT2D eigenvalue weighted by molar-refractivity contribution is 0.669. The predicted molar refractivity (Wildman–Crippen MR) is 207 cm³/mol. The van der Waals surface area contributed by atoms with Crippen LogP contribution < -0.4 is 0 Å². The first-order valence-corrected chi connectivity index (χ1v) is 16.6. The first-order valence-electron chi connectivity index (χ1n) is 20.8. The summed E-state index contributed by atoms with van der Waals surface area (Å²) < 4.78 is 92.9. The highest BCUT2D eigenvalue weighted by Gasteiger charge is 2.19. The number of nitrogens with zero attached hydrogens (tertiary/aromatic N) is 3. The third-order valence-corrected chi connectivity index (χ3v) is 9.90. The highest BCUT2D eigenvalue weighted by Crippen LogP contribution is 2.44. The number of furan rings is 1. The fourth-order valence-electron chi connectivity index (χ4n) is 6.43. The van der Waals surface area contributed by atoms with Crippen LogP contribution in [0.1, 0.15) is 13.7 Å². The molecule has 3 aromatic heterocycles. The van der Waals surface area contributed by atoms with Gasteiger partial charge in [-0.05, 0) is 47.0 Å². The van der Waals surface area contributed by atoms with Crippen molar-refractivity contribution in [1.82, 2.24) is 15.0 Å². The molecule has 10 aromatic rings. The molecule has 0 atom stereocenters. The van der Waals surface area contributed by atoms with E-state index in [-0.39, 0.29) is 22.3 Å². The summed E-state index contributed by atoms with van der Waals surface area (Å²) in [5.41, 5.74) is 4.02. The van der Waals surface area contributed by atoms with E-state index in [0.717, 1.165) is 37.6 Å². The van der Waals surface area contributed by atoms with Crippen LogP contribution >= 0.6 is 11.3 Å². The lowest BCUT2D eigenvalue weighted by Gasteiger charge is -2.09. The van der Waals surface area contributed by atoms with Crippen LogP contribution in [-0.4, -0.2) is 15.0 Å². The van der Waals surface area contributed by atoms with Gasteiger partial charge < -0.3 is 4.42 Å². The number of benzene rings is 7. The summed E-state index contributed by atoms with van der Waals surface area (Å²) in [6, 6.07) is 27.3. The van der Waals surface area contributed by atoms with E-state index >= 15 is 0 Å². The average molecular weight is 668 g/mol. The summed E-state index contributed by atoms with van der Waals surface area (Å²) >= 11 is 1.33. The molecule has 5 heteroatoms. The van der Waals surface area contributed by atoms with Crippen molar-refractivity contribution in [2.75, 3.05) is 0 Å². The van der Waals surface area contributed by atoms with Gasteiger partial charge >= 0.3 is 0 Å². The van der Waals surface area contributed by atoms with Crippen molar-refractivity contribution in [3.8, 4) is 56.4 Å². The number of aromatic nitrogens is 3. The summed E-state index contributed by atoms with van der Waals surface area (Å²) in [6.45, 7) is 0. The molecule has 4 nitrogen and oxygen atoms in total. The van der Waals surface area contributed by atoms with E-state index in [1.54, 1.807) is 12.1 Å². The van der Waals surface area contributed by atoms with Crippen LogP contribution in [0.5, 0.6) is 0 Å². The molecule has 0 bridgehead atoms. The van der Waals surface area contributed by atoms with Crippen LogP contribution in [0.2, 0.25) is 0 Å². The Bertz CT molecular complexity index is 3400. The SMILES string of the molecule is [2H]c1c([2H])c([2H])c(-c2cc(-c3c([2H])c([2H])c([2H])c([2H])c3[2H])c3sc4cc(-c5nc(-c6ccccc6)nc(-c6cccc7oc8ccccc8c67)n5)ccc4c3c2)c([2H])c1[2H]. The molecule has 0 aliphatic heterocycles. The van der Waals surface area contributed by atoms with Gasteiger partial charge in [-0.2, -0.15) is 0 Å². The molecule has 0 spiro atoms. The van der Waals surface area contributed by atoms with E-state index in [9.17, 15) is 0 Å². The van der Waals surface area contributed by atoms with Crippen LogP contribution in [0.15, 0.2) is 168 Å². The van der Waals surface area contributed by atoms with E-state index in [0.29, 0.717) is 38.7 Å². The highest BCUT2D eigenvalue weighted by atomic mass is 32.1. The Morgan fingerprint density at radius 1 is 0.460 bits per heavy atom. The molecule has 0 amide bonds. The van der Waals surface area contributed by atoms with Crippen LogP contribution in [-0.2, 0) is 0 Å². The number of para-hydroxylation sites is 1. The topological polar surface area (TPSA) is 51.8 Å². The molecule has 3 heterocycles. The highest BCUT2D eigenvalue weighted by molar-refractivity contribution is 7.26. The second-order valence-electron chi connectivity index (χ2n) is 11.7. The minimum atomic E-state index is -0.545. The summed E-state index contributed by atoms with van der Waals surface area (Å²) in [7, 11) is 0. The maximum atomic E-state index is 8.90. The van der Waals surface area contributed by atoms with Crippen molar-refractivity contribution in [3.05, 3.63) is 164 Å². The number of hydrogen-bond acceptors (Lipinski definition) is 5. The molecule has 234 valence electrons. The second-order valence-corrected chi connectivity index (χ2v) is 12.7. The Morgan fingerprint density at radius 3 is 1.98 bits per heavy atom. The summed E-state index contributed by atoms with van der Waals surface area (Å²) in [4.78, 5) is 15.0. The van der Waals surface area contributed by atoms with Gasteiger partial charge in [0.15, 0.2) is 17.5 Å². The smallest absolute Gasteiger partial charge is 0.164 e. The number of thiophene rings is 1. The van der Waals surface area contributed by atoms with Crippen molar-refractivity contribution >= 4 is 53.4 Å². The monoisotopic (exact) mass is 667 g/mol. The molecule has 50 heavy (non-hydrogen) atoms. The Morgan fingerprint density at radius 2 is 1.16 bits per heavy atom. The summed E-state index contributed by atoms with van der Waals surface area (Å²) in [5.74, 6) is 1.30. The van der Waals surface area contributed by atoms with Crippen molar-refractivity contribution < 1.29 is 18.1 Å². The quantitative estimate of drug-likeness (QED) is 0.183. The molecule has 0 aliphatic carbocycles. The molecular weight excluding hydrogens is 631 g/mol. The standard InChI is InChI=1S/C45H27N3OS/c1-4-13-28(14-5-1)32-25-36(29-15-6-2-7-16-29)42-37(26-32)33-24-23-31(27-40(33)50-42)44-46-43(30-17-8-3-9-18-30)47-45(48-44)35-20-12-22-39-41(35)34-19-10-11-21-38(34)49-39/h1-27H/i1D,2D,4D,5D,6D,7D,13D,14D,15D,16D. The van der Waals surface area contributed by atoms with Gasteiger partial charge in [0.1, 0.15) is 11.2 Å². The van der Waals surface area contributed by atoms with Gasteiger partial charge in [0.25, 0.3) is 0 Å². The van der Waals surface area contributed by atoms with Gasteiger partial charge in [0.2, 0.25) is 0 Å². The van der Waals surface area contributed by atoms with E-state index < -0.39 is 60.4 Å². The largest absolute Gasteiger partial charge is 0.456 e. The number of fused-ring (bicyclic) bond motifs is 6. The Kier molecular flexibility index (Phi) is 4.69. The fraction of sp³-hybridized carbons (Fsp3) is 0. The van der Waals surface area contributed by atoms with Gasteiger partial charge in [-0.3, -0.25) is 0 Å². The Hall–Kier alpha value is -6.43. The van der Waals surface area contributed by atoms with Crippen molar-refractivity contribution in [1.29, 1.82) is 0 Å². The first-order chi connectivity index (χ1) is 28.9. The van der Waals surface area contributed by atoms with Crippen molar-refractivity contribution in [2.24, 2.45) is 0 Å². The molecule has 0 N–H and O–H groups in total. The van der Waals surface area contributed by atoms with E-state index in [4.69, 9.17) is 33.1 Å². The molecule has 0 unspecified atom stereocenters. The second kappa shape index (κ2) is 11.6. The number of rotatable bonds is 5. The molecule has 0 saturated carbocycles. The summed E-state index contributed by atoms with van der Waals surface area (Å²) in [5, 5.41) is 3.14. The van der Waals surface area contributed by atoms with Gasteiger partial charge in [-0.25, -0.2) is 15.0 Å². The average Bonchev–Trinajstić information content (AvgIpc) is 3.85. The van der Waals surface area contributed by atoms with E-state index in [2.05, 4.69) is 0 Å². The van der Waals surface area contributed by atoms with Gasteiger partial charge in [0, 0.05) is 53.2 Å². The molecule has 0 saturated heterocycles. The van der Waals surface area contributed by atoms with E-state index in [1.165, 1.54) is 11.3 Å². The minimum absolute atomic E-state index is 0.0671. The fourth-order valence-corrected chi connectivity index (χ4v) is 7.67. The normalized spacial score (nSPS) is 14.4. The maximum Gasteiger partial charge on any atom is 0.164 e. The molecule has 0 radical (unpaired) electrons. The van der Waals surface area contributed by atoms with Crippen LogP contribution in [0.4, 0.5) is 0 Å². The minimum Gasteiger partial charge on any atom is -0.456 e. The van der Waals surface area contributed by atoms with E-state index in [1.807, 2.05) is 91.0 Å². The van der Waals surface area contributed by atoms with Crippen molar-refractivity contribution in [2.45, 2.75) is 0 Å². The predicted octanol–water partition coefficient (Wildman–Crippen LogP) is 12.5. The maximum absolute atomic E-state index is 8.90. The Balaban J connectivity index is 1.24. The van der Waals surface area contributed by atoms with Gasteiger partial charge in [-0.15, -0.1) is 11.3 Å². The van der Waals surface area contributed by atoms with Crippen LogP contribution in [0, 0.1) is 0 Å². The lowest BCUT2D eigenvalue weighted by atomic mass is 9.96. The van der Waals surface area contributed by atoms with Gasteiger partial charge in [0.05, 0.1) is 13.7 Å². The number of hydrogen-bond donors (Lipinski definition) is 0. The molecule has 0 aliphatic rings. The van der Waals surface area contributed by atoms with Crippen molar-refractivity contribution in [3.63, 3.8) is 0 Å². The zero-order valence-electron chi connectivity index (χ0n) is 36.0. The zero-order chi connectivity index (χ0) is 41.7. The summed E-state index contributed by atoms with van der Waals surface area (Å²) in [6.07, 6.45) is 0. The third-order valence-electron chi connectivity index (χ3n) is 8.70. The van der Waals surface area contributed by atoms with Crippen LogP contribution in [0.25, 0.3) is 98.5 Å². The molecule has 7 aromatic carbocycles. The Labute approximate surface area is 306 Å². The first kappa shape index (κ1) is 20.2. The third kappa shape index (κ3) is 4.79. The molecular formula is C45H27N3OS. The zero-order valence-corrected chi connectivity index (χ0v) is 26.8. The lowest BCUT2D eigenvalue weighted by Crippen LogP contribution is -2.00.